The zero-order chi connectivity index (χ0) is 29.0. The van der Waals surface area contributed by atoms with Crippen LogP contribution in [0.4, 0.5) is 10.1 Å². The lowest BCUT2D eigenvalue weighted by Gasteiger charge is -2.32. The van der Waals surface area contributed by atoms with E-state index >= 15 is 0 Å². The largest absolute Gasteiger partial charge is 0.354 e. The Kier molecular flexibility index (Phi) is 11.7. The molecular formula is C31H38FN3O4S. The minimum absolute atomic E-state index is 0.0353. The highest BCUT2D eigenvalue weighted by Gasteiger charge is 2.30. The smallest absolute Gasteiger partial charge is 0.243 e. The Morgan fingerprint density at radius 2 is 1.50 bits per heavy atom. The molecule has 3 rings (SSSR count). The van der Waals surface area contributed by atoms with Crippen molar-refractivity contribution in [1.29, 1.82) is 0 Å². The topological polar surface area (TPSA) is 86.8 Å². The van der Waals surface area contributed by atoms with Gasteiger partial charge in [-0.05, 0) is 48.2 Å². The fourth-order valence-electron chi connectivity index (χ4n) is 4.44. The number of benzene rings is 3. The van der Waals surface area contributed by atoms with Gasteiger partial charge in [0.2, 0.25) is 21.8 Å². The summed E-state index contributed by atoms with van der Waals surface area (Å²) in [6, 6.07) is 23.3. The van der Waals surface area contributed by atoms with Crippen molar-refractivity contribution in [3.63, 3.8) is 0 Å². The van der Waals surface area contributed by atoms with Gasteiger partial charge in [0.25, 0.3) is 0 Å². The van der Waals surface area contributed by atoms with Gasteiger partial charge in [-0.3, -0.25) is 13.9 Å². The van der Waals surface area contributed by atoms with E-state index in [0.717, 1.165) is 24.7 Å². The third kappa shape index (κ3) is 9.48. The Morgan fingerprint density at radius 3 is 2.10 bits per heavy atom. The van der Waals surface area contributed by atoms with E-state index in [0.29, 0.717) is 24.2 Å². The van der Waals surface area contributed by atoms with Crippen molar-refractivity contribution in [2.24, 2.45) is 0 Å². The number of halogens is 1. The molecule has 1 atom stereocenters. The fourth-order valence-corrected chi connectivity index (χ4v) is 5.41. The minimum atomic E-state index is -3.56. The molecule has 0 aromatic heterocycles. The van der Waals surface area contributed by atoms with E-state index in [1.54, 1.807) is 42.5 Å². The number of amides is 2. The molecule has 214 valence electrons. The van der Waals surface area contributed by atoms with Crippen molar-refractivity contribution in [1.82, 2.24) is 10.2 Å². The van der Waals surface area contributed by atoms with Crippen LogP contribution in [0.3, 0.4) is 0 Å². The molecule has 3 aromatic rings. The van der Waals surface area contributed by atoms with E-state index < -0.39 is 16.1 Å². The van der Waals surface area contributed by atoms with Crippen LogP contribution in [0.25, 0.3) is 0 Å². The molecule has 3 aromatic carbocycles. The van der Waals surface area contributed by atoms with Crippen LogP contribution >= 0.6 is 0 Å². The van der Waals surface area contributed by atoms with Crippen LogP contribution in [0.1, 0.15) is 43.7 Å². The molecule has 0 bridgehead atoms. The summed E-state index contributed by atoms with van der Waals surface area (Å²) >= 11 is 0. The van der Waals surface area contributed by atoms with Gasteiger partial charge in [-0.25, -0.2) is 12.8 Å². The summed E-state index contributed by atoms with van der Waals surface area (Å²) in [5.74, 6) is -0.922. The van der Waals surface area contributed by atoms with Crippen LogP contribution < -0.4 is 9.62 Å². The molecule has 0 aliphatic heterocycles. The molecule has 0 heterocycles. The zero-order valence-corrected chi connectivity index (χ0v) is 23.9. The second-order valence-electron chi connectivity index (χ2n) is 9.77. The molecule has 7 nitrogen and oxygen atoms in total. The van der Waals surface area contributed by atoms with Crippen LogP contribution in [-0.4, -0.2) is 50.5 Å². The summed E-state index contributed by atoms with van der Waals surface area (Å²) in [4.78, 5) is 28.7. The number of nitrogens with one attached hydrogen (secondary N) is 1. The number of sulfonamides is 1. The average Bonchev–Trinajstić information content (AvgIpc) is 2.94. The summed E-state index contributed by atoms with van der Waals surface area (Å²) < 4.78 is 39.9. The van der Waals surface area contributed by atoms with Crippen molar-refractivity contribution in [3.05, 3.63) is 102 Å². The monoisotopic (exact) mass is 567 g/mol. The number of carbonyl (C=O) groups is 2. The van der Waals surface area contributed by atoms with E-state index in [1.165, 1.54) is 21.3 Å². The SMILES string of the molecule is CCCCNC(=O)[C@@H](Cc1ccccc1)N(Cc1ccc(F)cc1)C(=O)CCCN(c1ccccc1)S(C)(=O)=O. The second-order valence-corrected chi connectivity index (χ2v) is 11.7. The molecule has 9 heteroatoms. The van der Waals surface area contributed by atoms with Gasteiger partial charge in [-0.1, -0.05) is 74.0 Å². The van der Waals surface area contributed by atoms with Crippen molar-refractivity contribution in [2.45, 2.75) is 51.6 Å². The number of para-hydroxylation sites is 1. The summed E-state index contributed by atoms with van der Waals surface area (Å²) in [5, 5.41) is 2.97. The minimum Gasteiger partial charge on any atom is -0.354 e. The first kappa shape index (κ1) is 30.8. The standard InChI is InChI=1S/C31H38FN3O4S/c1-3-4-21-33-31(37)29(23-25-12-7-5-8-13-25)34(24-26-17-19-27(32)20-18-26)30(36)16-11-22-35(40(2,38)39)28-14-9-6-10-15-28/h5-10,12-15,17-20,29H,3-4,11,16,21-24H2,1-2H3,(H,33,37)/t29-/m1/s1. The first-order chi connectivity index (χ1) is 19.2. The lowest BCUT2D eigenvalue weighted by molar-refractivity contribution is -0.141. The molecule has 40 heavy (non-hydrogen) atoms. The van der Waals surface area contributed by atoms with Crippen molar-refractivity contribution in [2.75, 3.05) is 23.7 Å². The molecule has 2 amide bonds. The molecule has 0 spiro atoms. The van der Waals surface area contributed by atoms with Crippen molar-refractivity contribution < 1.29 is 22.4 Å². The quantitative estimate of drug-likeness (QED) is 0.264. The maximum atomic E-state index is 13.8. The molecule has 0 aliphatic rings. The van der Waals surface area contributed by atoms with Gasteiger partial charge < -0.3 is 10.2 Å². The number of carbonyl (C=O) groups excluding carboxylic acids is 2. The maximum Gasteiger partial charge on any atom is 0.243 e. The summed E-state index contributed by atoms with van der Waals surface area (Å²) in [5.41, 5.74) is 2.12. The average molecular weight is 568 g/mol. The lowest BCUT2D eigenvalue weighted by Crippen LogP contribution is -2.50. The number of rotatable bonds is 15. The summed E-state index contributed by atoms with van der Waals surface area (Å²) in [6.07, 6.45) is 3.48. The van der Waals surface area contributed by atoms with Gasteiger partial charge >= 0.3 is 0 Å². The van der Waals surface area contributed by atoms with Crippen molar-refractivity contribution >= 4 is 27.5 Å². The van der Waals surface area contributed by atoms with E-state index in [4.69, 9.17) is 0 Å². The van der Waals surface area contributed by atoms with Gasteiger partial charge in [0.05, 0.1) is 11.9 Å². The molecule has 0 unspecified atom stereocenters. The number of hydrogen-bond donors (Lipinski definition) is 1. The highest BCUT2D eigenvalue weighted by Crippen LogP contribution is 2.20. The van der Waals surface area contributed by atoms with Crippen LogP contribution in [0, 0.1) is 5.82 Å². The van der Waals surface area contributed by atoms with Crippen molar-refractivity contribution in [3.8, 4) is 0 Å². The molecule has 0 aliphatic carbocycles. The summed E-state index contributed by atoms with van der Waals surface area (Å²) in [7, 11) is -3.56. The Bertz CT molecular complexity index is 1320. The summed E-state index contributed by atoms with van der Waals surface area (Å²) in [6.45, 7) is 2.77. The first-order valence-electron chi connectivity index (χ1n) is 13.6. The highest BCUT2D eigenvalue weighted by molar-refractivity contribution is 7.92. The van der Waals surface area contributed by atoms with Gasteiger partial charge in [-0.15, -0.1) is 0 Å². The van der Waals surface area contributed by atoms with Gasteiger partial charge in [0.15, 0.2) is 0 Å². The maximum absolute atomic E-state index is 13.8. The Hall–Kier alpha value is -3.72. The zero-order valence-electron chi connectivity index (χ0n) is 23.1. The normalized spacial score (nSPS) is 12.0. The van der Waals surface area contributed by atoms with E-state index in [2.05, 4.69) is 5.32 Å². The van der Waals surface area contributed by atoms with E-state index in [1.807, 2.05) is 37.3 Å². The number of unbranched alkanes of at least 4 members (excludes halogenated alkanes) is 1. The first-order valence-corrected chi connectivity index (χ1v) is 15.4. The van der Waals surface area contributed by atoms with Crippen LogP contribution in [-0.2, 0) is 32.6 Å². The molecule has 0 fully saturated rings. The molecule has 0 saturated heterocycles. The van der Waals surface area contributed by atoms with E-state index in [-0.39, 0.29) is 43.6 Å². The third-order valence-electron chi connectivity index (χ3n) is 6.56. The molecular weight excluding hydrogens is 529 g/mol. The predicted octanol–water partition coefficient (Wildman–Crippen LogP) is 4.93. The number of hydrogen-bond acceptors (Lipinski definition) is 4. The third-order valence-corrected chi connectivity index (χ3v) is 7.76. The van der Waals surface area contributed by atoms with Crippen LogP contribution in [0.15, 0.2) is 84.9 Å². The Balaban J connectivity index is 1.85. The number of anilines is 1. The van der Waals surface area contributed by atoms with Gasteiger partial charge in [-0.2, -0.15) is 0 Å². The highest BCUT2D eigenvalue weighted by atomic mass is 32.2. The Morgan fingerprint density at radius 1 is 0.875 bits per heavy atom. The van der Waals surface area contributed by atoms with E-state index in [9.17, 15) is 22.4 Å². The number of nitrogens with zero attached hydrogens (tertiary/aromatic N) is 2. The van der Waals surface area contributed by atoms with Gasteiger partial charge in [0, 0.05) is 32.5 Å². The molecule has 0 radical (unpaired) electrons. The van der Waals surface area contributed by atoms with Crippen LogP contribution in [0.5, 0.6) is 0 Å². The molecule has 1 N–H and O–H groups in total. The fraction of sp³-hybridized carbons (Fsp3) is 0.355. The Labute approximate surface area is 237 Å². The van der Waals surface area contributed by atoms with Crippen LogP contribution in [0.2, 0.25) is 0 Å². The lowest BCUT2D eigenvalue weighted by atomic mass is 10.0. The van der Waals surface area contributed by atoms with Gasteiger partial charge in [0.1, 0.15) is 11.9 Å². The molecule has 0 saturated carbocycles. The second kappa shape index (κ2) is 15.2. The predicted molar refractivity (Wildman–Crippen MR) is 157 cm³/mol.